The Labute approximate surface area is 162 Å². The first kappa shape index (κ1) is 20.3. The van der Waals surface area contributed by atoms with E-state index in [2.05, 4.69) is 0 Å². The first-order chi connectivity index (χ1) is 12.3. The number of aryl methyl sites for hydroxylation is 1. The Morgan fingerprint density at radius 1 is 1.35 bits per heavy atom. The lowest BCUT2D eigenvalue weighted by molar-refractivity contribution is -0.141. The summed E-state index contributed by atoms with van der Waals surface area (Å²) in [5.41, 5.74) is 1.66. The van der Waals surface area contributed by atoms with Crippen molar-refractivity contribution >= 4 is 47.0 Å². The Hall–Kier alpha value is -2.06. The highest BCUT2D eigenvalue weighted by atomic mass is 32.2. The van der Waals surface area contributed by atoms with Crippen molar-refractivity contribution < 1.29 is 23.8 Å². The van der Waals surface area contributed by atoms with Crippen LogP contribution in [-0.4, -0.2) is 54.9 Å². The lowest BCUT2D eigenvalue weighted by Gasteiger charge is -2.29. The predicted molar refractivity (Wildman–Crippen MR) is 106 cm³/mol. The first-order valence-corrected chi connectivity index (χ1v) is 9.32. The third kappa shape index (κ3) is 4.98. The summed E-state index contributed by atoms with van der Waals surface area (Å²) in [6.07, 6.45) is 1.95. The zero-order valence-electron chi connectivity index (χ0n) is 15.2. The normalized spacial score (nSPS) is 15.8. The van der Waals surface area contributed by atoms with E-state index >= 15 is 0 Å². The number of hydrogen-bond acceptors (Lipinski definition) is 7. The van der Waals surface area contributed by atoms with Crippen molar-refractivity contribution in [3.63, 3.8) is 0 Å². The van der Waals surface area contributed by atoms with E-state index in [1.165, 1.54) is 21.1 Å². The molecule has 1 fully saturated rings. The van der Waals surface area contributed by atoms with Crippen LogP contribution < -0.4 is 9.47 Å². The average Bonchev–Trinajstić information content (AvgIpc) is 2.60. The fourth-order valence-electron chi connectivity index (χ4n) is 2.49. The number of rotatable bonds is 5. The van der Waals surface area contributed by atoms with Gasteiger partial charge < -0.3 is 19.1 Å². The number of hydrogen-bond donors (Lipinski definition) is 0. The standard InChI is InChI=1S/C18H21NO5S2/c1-11-7-13(8-14(22-3)17(11)24-12(2)20)9-15-18(25)19(5-6-26-15)10-16(21)23-4/h7-9H,5-6,10H2,1-4H3. The van der Waals surface area contributed by atoms with Crippen molar-refractivity contribution in [2.45, 2.75) is 13.8 Å². The largest absolute Gasteiger partial charge is 0.493 e. The second kappa shape index (κ2) is 9.05. The molecular weight excluding hydrogens is 374 g/mol. The molecule has 0 spiro atoms. The molecule has 0 saturated carbocycles. The van der Waals surface area contributed by atoms with Crippen LogP contribution in [-0.2, 0) is 14.3 Å². The van der Waals surface area contributed by atoms with Crippen molar-refractivity contribution in [1.82, 2.24) is 4.90 Å². The molecule has 0 radical (unpaired) electrons. The van der Waals surface area contributed by atoms with Gasteiger partial charge in [-0.1, -0.05) is 12.2 Å². The first-order valence-electron chi connectivity index (χ1n) is 7.93. The van der Waals surface area contributed by atoms with Crippen LogP contribution in [0.3, 0.4) is 0 Å². The van der Waals surface area contributed by atoms with E-state index in [1.807, 2.05) is 24.0 Å². The summed E-state index contributed by atoms with van der Waals surface area (Å²) >= 11 is 7.16. The molecule has 1 aromatic carbocycles. The van der Waals surface area contributed by atoms with Gasteiger partial charge in [-0.3, -0.25) is 9.59 Å². The maximum absolute atomic E-state index is 11.5. The molecule has 0 N–H and O–H groups in total. The summed E-state index contributed by atoms with van der Waals surface area (Å²) in [5, 5.41) is 0. The van der Waals surface area contributed by atoms with Crippen LogP contribution in [0.4, 0.5) is 0 Å². The highest BCUT2D eigenvalue weighted by molar-refractivity contribution is 8.05. The van der Waals surface area contributed by atoms with Crippen molar-refractivity contribution in [3.8, 4) is 11.5 Å². The van der Waals surface area contributed by atoms with Gasteiger partial charge in [-0.15, -0.1) is 11.8 Å². The molecule has 6 nitrogen and oxygen atoms in total. The number of carbonyl (C=O) groups is 2. The lowest BCUT2D eigenvalue weighted by Crippen LogP contribution is -2.39. The van der Waals surface area contributed by atoms with Gasteiger partial charge in [-0.05, 0) is 36.3 Å². The molecule has 1 heterocycles. The maximum Gasteiger partial charge on any atom is 0.325 e. The summed E-state index contributed by atoms with van der Waals surface area (Å²) in [5.74, 6) is 0.991. The Kier molecular flexibility index (Phi) is 7.05. The number of thioether (sulfide) groups is 1. The van der Waals surface area contributed by atoms with E-state index in [4.69, 9.17) is 26.4 Å². The highest BCUT2D eigenvalue weighted by Crippen LogP contribution is 2.35. The smallest absolute Gasteiger partial charge is 0.325 e. The van der Waals surface area contributed by atoms with Gasteiger partial charge in [0.2, 0.25) is 0 Å². The minimum absolute atomic E-state index is 0.140. The third-order valence-electron chi connectivity index (χ3n) is 3.69. The molecule has 26 heavy (non-hydrogen) atoms. The predicted octanol–water partition coefficient (Wildman–Crippen LogP) is 2.82. The van der Waals surface area contributed by atoms with E-state index in [0.29, 0.717) is 23.0 Å². The van der Waals surface area contributed by atoms with Crippen LogP contribution >= 0.6 is 24.0 Å². The number of thiocarbonyl (C=S) groups is 1. The molecule has 0 aliphatic carbocycles. The van der Waals surface area contributed by atoms with Crippen molar-refractivity contribution in [2.75, 3.05) is 33.1 Å². The maximum atomic E-state index is 11.5. The van der Waals surface area contributed by atoms with Crippen LogP contribution in [0, 0.1) is 6.92 Å². The van der Waals surface area contributed by atoms with E-state index in [9.17, 15) is 9.59 Å². The lowest BCUT2D eigenvalue weighted by atomic mass is 10.1. The van der Waals surface area contributed by atoms with Crippen LogP contribution in [0.15, 0.2) is 17.0 Å². The van der Waals surface area contributed by atoms with E-state index in [0.717, 1.165) is 21.8 Å². The SMILES string of the molecule is COC(=O)CN1CCSC(=Cc2cc(C)c(OC(C)=O)c(OC)c2)C1=S. The van der Waals surface area contributed by atoms with Crippen molar-refractivity contribution in [2.24, 2.45) is 0 Å². The molecule has 0 amide bonds. The molecule has 140 valence electrons. The molecular formula is C18H21NO5S2. The average molecular weight is 396 g/mol. The van der Waals surface area contributed by atoms with Crippen LogP contribution in [0.25, 0.3) is 6.08 Å². The second-order valence-corrected chi connectivity index (χ2v) is 7.15. The molecule has 1 aliphatic heterocycles. The van der Waals surface area contributed by atoms with Gasteiger partial charge in [-0.2, -0.15) is 0 Å². The van der Waals surface area contributed by atoms with Gasteiger partial charge in [0.25, 0.3) is 0 Å². The molecule has 0 unspecified atom stereocenters. The van der Waals surface area contributed by atoms with E-state index in [-0.39, 0.29) is 12.5 Å². The molecule has 0 aromatic heterocycles. The van der Waals surface area contributed by atoms with Crippen LogP contribution in [0.2, 0.25) is 0 Å². The Balaban J connectivity index is 2.30. The minimum atomic E-state index is -0.403. The molecule has 1 aromatic rings. The van der Waals surface area contributed by atoms with E-state index < -0.39 is 5.97 Å². The quantitative estimate of drug-likeness (QED) is 0.326. The van der Waals surface area contributed by atoms with Gasteiger partial charge in [0.05, 0.1) is 14.2 Å². The monoisotopic (exact) mass is 395 g/mol. The van der Waals surface area contributed by atoms with Crippen LogP contribution in [0.5, 0.6) is 11.5 Å². The van der Waals surface area contributed by atoms with Gasteiger partial charge in [0.1, 0.15) is 11.5 Å². The number of benzene rings is 1. The summed E-state index contributed by atoms with van der Waals surface area (Å²) in [6.45, 7) is 4.03. The fraction of sp³-hybridized carbons (Fsp3) is 0.389. The van der Waals surface area contributed by atoms with Crippen molar-refractivity contribution in [3.05, 3.63) is 28.2 Å². The molecule has 0 atom stereocenters. The Bertz CT molecular complexity index is 760. The third-order valence-corrected chi connectivity index (χ3v) is 5.31. The Morgan fingerprint density at radius 3 is 2.69 bits per heavy atom. The molecule has 8 heteroatoms. The number of ether oxygens (including phenoxy) is 3. The Morgan fingerprint density at radius 2 is 2.08 bits per heavy atom. The molecule has 0 bridgehead atoms. The molecule has 1 saturated heterocycles. The van der Waals surface area contributed by atoms with Crippen LogP contribution in [0.1, 0.15) is 18.1 Å². The zero-order chi connectivity index (χ0) is 19.3. The summed E-state index contributed by atoms with van der Waals surface area (Å²) in [4.78, 5) is 26.2. The minimum Gasteiger partial charge on any atom is -0.493 e. The second-order valence-electron chi connectivity index (χ2n) is 5.62. The summed E-state index contributed by atoms with van der Waals surface area (Å²) in [7, 11) is 2.89. The molecule has 1 aliphatic rings. The van der Waals surface area contributed by atoms with Gasteiger partial charge in [-0.25, -0.2) is 0 Å². The van der Waals surface area contributed by atoms with Gasteiger partial charge >= 0.3 is 11.9 Å². The fourth-order valence-corrected chi connectivity index (χ4v) is 3.88. The highest BCUT2D eigenvalue weighted by Gasteiger charge is 2.23. The van der Waals surface area contributed by atoms with E-state index in [1.54, 1.807) is 17.8 Å². The number of methoxy groups -OCH3 is 2. The number of carbonyl (C=O) groups excluding carboxylic acids is 2. The topological polar surface area (TPSA) is 65.1 Å². The number of nitrogens with zero attached hydrogens (tertiary/aromatic N) is 1. The summed E-state index contributed by atoms with van der Waals surface area (Å²) in [6, 6.07) is 3.69. The number of esters is 2. The van der Waals surface area contributed by atoms with Gasteiger partial charge in [0.15, 0.2) is 11.5 Å². The van der Waals surface area contributed by atoms with Gasteiger partial charge in [0, 0.05) is 24.1 Å². The molecule has 2 rings (SSSR count). The van der Waals surface area contributed by atoms with Crippen molar-refractivity contribution in [1.29, 1.82) is 0 Å². The zero-order valence-corrected chi connectivity index (χ0v) is 16.8. The summed E-state index contributed by atoms with van der Waals surface area (Å²) < 4.78 is 15.3.